The fourth-order valence-corrected chi connectivity index (χ4v) is 3.76. The molecular formula is C17H21N3O2S. The van der Waals surface area contributed by atoms with Crippen LogP contribution >= 0.6 is 11.3 Å². The quantitative estimate of drug-likeness (QED) is 0.936. The van der Waals surface area contributed by atoms with Gasteiger partial charge in [0.15, 0.2) is 0 Å². The van der Waals surface area contributed by atoms with Gasteiger partial charge in [0.2, 0.25) is 0 Å². The lowest BCUT2D eigenvalue weighted by molar-refractivity contribution is 0.0533. The molecule has 3 rings (SSSR count). The highest BCUT2D eigenvalue weighted by atomic mass is 32.1. The van der Waals surface area contributed by atoms with Crippen LogP contribution in [0.3, 0.4) is 0 Å². The van der Waals surface area contributed by atoms with E-state index in [0.29, 0.717) is 31.9 Å². The number of carbonyl (C=O) groups excluding carboxylic acids is 2. The first-order valence-corrected chi connectivity index (χ1v) is 8.86. The van der Waals surface area contributed by atoms with Crippen molar-refractivity contribution in [1.82, 2.24) is 14.8 Å². The van der Waals surface area contributed by atoms with Gasteiger partial charge in [-0.3, -0.25) is 9.59 Å². The number of piperazine rings is 1. The zero-order valence-corrected chi connectivity index (χ0v) is 14.1. The van der Waals surface area contributed by atoms with Crippen molar-refractivity contribution < 1.29 is 9.59 Å². The molecule has 0 aromatic carbocycles. The van der Waals surface area contributed by atoms with Gasteiger partial charge in [0.05, 0.1) is 5.56 Å². The summed E-state index contributed by atoms with van der Waals surface area (Å²) in [6.45, 7) is 4.47. The summed E-state index contributed by atoms with van der Waals surface area (Å²) in [7, 11) is 0. The molecule has 0 bridgehead atoms. The molecule has 0 radical (unpaired) electrons. The van der Waals surface area contributed by atoms with E-state index in [-0.39, 0.29) is 11.8 Å². The molecule has 0 unspecified atom stereocenters. The lowest BCUT2D eigenvalue weighted by Crippen LogP contribution is -2.50. The smallest absolute Gasteiger partial charge is 0.270 e. The van der Waals surface area contributed by atoms with Gasteiger partial charge in [0.1, 0.15) is 5.69 Å². The van der Waals surface area contributed by atoms with E-state index in [0.717, 1.165) is 18.4 Å². The normalized spacial score (nSPS) is 15.0. The third-order valence-corrected chi connectivity index (χ3v) is 5.08. The maximum Gasteiger partial charge on any atom is 0.270 e. The molecule has 2 amide bonds. The Kier molecular flexibility index (Phi) is 4.81. The van der Waals surface area contributed by atoms with Crippen LogP contribution in [0.2, 0.25) is 0 Å². The van der Waals surface area contributed by atoms with E-state index in [1.807, 2.05) is 22.4 Å². The molecule has 23 heavy (non-hydrogen) atoms. The van der Waals surface area contributed by atoms with Crippen molar-refractivity contribution in [1.29, 1.82) is 0 Å². The van der Waals surface area contributed by atoms with Crippen LogP contribution in [0.25, 0.3) is 0 Å². The van der Waals surface area contributed by atoms with E-state index in [1.54, 1.807) is 28.5 Å². The summed E-state index contributed by atoms with van der Waals surface area (Å²) in [5.74, 6) is 0.0819. The summed E-state index contributed by atoms with van der Waals surface area (Å²) in [6.07, 6.45) is 3.86. The average molecular weight is 331 g/mol. The summed E-state index contributed by atoms with van der Waals surface area (Å²) < 4.78 is 0. The Labute approximate surface area is 139 Å². The van der Waals surface area contributed by atoms with Crippen LogP contribution in [-0.4, -0.2) is 52.8 Å². The van der Waals surface area contributed by atoms with Crippen molar-refractivity contribution in [3.05, 3.63) is 45.9 Å². The number of carbonyl (C=O) groups is 2. The second-order valence-corrected chi connectivity index (χ2v) is 6.72. The van der Waals surface area contributed by atoms with Gasteiger partial charge >= 0.3 is 0 Å². The topological polar surface area (TPSA) is 56.4 Å². The van der Waals surface area contributed by atoms with Crippen LogP contribution in [0, 0.1) is 0 Å². The number of aromatic nitrogens is 1. The minimum atomic E-state index is 0.00265. The predicted octanol–water partition coefficient (Wildman–Crippen LogP) is 2.63. The second-order valence-electron chi connectivity index (χ2n) is 5.72. The first-order valence-electron chi connectivity index (χ1n) is 7.98. The van der Waals surface area contributed by atoms with Gasteiger partial charge in [0.25, 0.3) is 11.8 Å². The zero-order valence-electron chi connectivity index (χ0n) is 13.2. The van der Waals surface area contributed by atoms with Crippen LogP contribution in [0.5, 0.6) is 0 Å². The Morgan fingerprint density at radius 3 is 2.48 bits per heavy atom. The summed E-state index contributed by atoms with van der Waals surface area (Å²) >= 11 is 1.65. The first kappa shape index (κ1) is 15.8. The van der Waals surface area contributed by atoms with Crippen LogP contribution < -0.4 is 0 Å². The Bertz CT molecular complexity index is 670. The lowest BCUT2D eigenvalue weighted by Gasteiger charge is -2.34. The zero-order chi connectivity index (χ0) is 16.2. The monoisotopic (exact) mass is 331 g/mol. The first-order chi connectivity index (χ1) is 11.2. The van der Waals surface area contributed by atoms with Gasteiger partial charge < -0.3 is 14.8 Å². The Balaban J connectivity index is 1.57. The van der Waals surface area contributed by atoms with E-state index in [9.17, 15) is 9.59 Å². The van der Waals surface area contributed by atoms with E-state index in [4.69, 9.17) is 0 Å². The highest BCUT2D eigenvalue weighted by molar-refractivity contribution is 7.10. The Morgan fingerprint density at radius 1 is 1.17 bits per heavy atom. The van der Waals surface area contributed by atoms with Crippen LogP contribution in [0.4, 0.5) is 0 Å². The highest BCUT2D eigenvalue weighted by Crippen LogP contribution is 2.19. The van der Waals surface area contributed by atoms with Crippen LogP contribution in [-0.2, 0) is 6.42 Å². The van der Waals surface area contributed by atoms with E-state index < -0.39 is 0 Å². The Morgan fingerprint density at radius 2 is 1.87 bits per heavy atom. The minimum Gasteiger partial charge on any atom is -0.357 e. The summed E-state index contributed by atoms with van der Waals surface area (Å²) in [5, 5.41) is 1.95. The SMILES string of the molecule is CCCc1cc(C(=O)N2CCN(C(=O)c3ccc[nH]3)CC2)cs1. The number of aryl methyl sites for hydroxylation is 1. The molecule has 2 aromatic heterocycles. The molecule has 0 spiro atoms. The van der Waals surface area contributed by atoms with E-state index in [1.165, 1.54) is 4.88 Å². The number of nitrogens with one attached hydrogen (secondary N) is 1. The fraction of sp³-hybridized carbons (Fsp3) is 0.412. The lowest BCUT2D eigenvalue weighted by atomic mass is 10.2. The maximum atomic E-state index is 12.5. The number of H-pyrrole nitrogens is 1. The highest BCUT2D eigenvalue weighted by Gasteiger charge is 2.26. The molecule has 6 heteroatoms. The number of thiophene rings is 1. The molecule has 0 aliphatic carbocycles. The van der Waals surface area contributed by atoms with Crippen molar-refractivity contribution in [2.75, 3.05) is 26.2 Å². The van der Waals surface area contributed by atoms with Gasteiger partial charge in [-0.05, 0) is 24.6 Å². The molecule has 0 saturated carbocycles. The summed E-state index contributed by atoms with van der Waals surface area (Å²) in [6, 6.07) is 5.60. The van der Waals surface area contributed by atoms with Crippen LogP contribution in [0.15, 0.2) is 29.8 Å². The molecule has 1 aliphatic heterocycles. The predicted molar refractivity (Wildman–Crippen MR) is 90.9 cm³/mol. The van der Waals surface area contributed by atoms with Crippen LogP contribution in [0.1, 0.15) is 39.1 Å². The molecule has 1 fully saturated rings. The molecule has 1 N–H and O–H groups in total. The molecule has 1 saturated heterocycles. The standard InChI is InChI=1S/C17H21N3O2S/c1-2-4-14-11-13(12-23-14)16(21)19-7-9-20(10-8-19)17(22)15-5-3-6-18-15/h3,5-6,11-12,18H,2,4,7-10H2,1H3. The second kappa shape index (κ2) is 7.00. The molecule has 5 nitrogen and oxygen atoms in total. The van der Waals surface area contributed by atoms with Crippen molar-refractivity contribution in [3.63, 3.8) is 0 Å². The van der Waals surface area contributed by atoms with Gasteiger partial charge in [0, 0.05) is 42.6 Å². The number of hydrogen-bond acceptors (Lipinski definition) is 3. The van der Waals surface area contributed by atoms with Crippen molar-refractivity contribution in [3.8, 4) is 0 Å². The summed E-state index contributed by atoms with van der Waals surface area (Å²) in [4.78, 5) is 32.7. The number of hydrogen-bond donors (Lipinski definition) is 1. The van der Waals surface area contributed by atoms with Gasteiger partial charge in [-0.25, -0.2) is 0 Å². The van der Waals surface area contributed by atoms with Crippen molar-refractivity contribution in [2.24, 2.45) is 0 Å². The van der Waals surface area contributed by atoms with Crippen molar-refractivity contribution >= 4 is 23.2 Å². The maximum absolute atomic E-state index is 12.5. The molecule has 1 aliphatic rings. The molecule has 0 atom stereocenters. The van der Waals surface area contributed by atoms with Crippen molar-refractivity contribution in [2.45, 2.75) is 19.8 Å². The third kappa shape index (κ3) is 3.47. The number of aromatic amines is 1. The molecule has 122 valence electrons. The van der Waals surface area contributed by atoms with Gasteiger partial charge in [-0.1, -0.05) is 13.3 Å². The Hall–Kier alpha value is -2.08. The minimum absolute atomic E-state index is 0.00265. The molecule has 2 aromatic rings. The molecular weight excluding hydrogens is 310 g/mol. The number of amides is 2. The average Bonchev–Trinajstić information content (AvgIpc) is 3.26. The van der Waals surface area contributed by atoms with E-state index >= 15 is 0 Å². The molecule has 3 heterocycles. The summed E-state index contributed by atoms with van der Waals surface area (Å²) in [5.41, 5.74) is 1.38. The number of rotatable bonds is 4. The fourth-order valence-electron chi connectivity index (χ4n) is 2.80. The van der Waals surface area contributed by atoms with Gasteiger partial charge in [-0.15, -0.1) is 11.3 Å². The van der Waals surface area contributed by atoms with Gasteiger partial charge in [-0.2, -0.15) is 0 Å². The largest absolute Gasteiger partial charge is 0.357 e. The van der Waals surface area contributed by atoms with E-state index in [2.05, 4.69) is 11.9 Å². The third-order valence-electron chi connectivity index (χ3n) is 4.08. The number of nitrogens with zero attached hydrogens (tertiary/aromatic N) is 2.